The summed E-state index contributed by atoms with van der Waals surface area (Å²) in [5.74, 6) is -0.967. The van der Waals surface area contributed by atoms with E-state index in [1.807, 2.05) is 26.8 Å². The highest BCUT2D eigenvalue weighted by molar-refractivity contribution is 7.90. The van der Waals surface area contributed by atoms with Crippen LogP contribution < -0.4 is 16.8 Å². The van der Waals surface area contributed by atoms with E-state index in [1.54, 1.807) is 35.0 Å². The molecule has 1 aliphatic carbocycles. The summed E-state index contributed by atoms with van der Waals surface area (Å²) in [5.41, 5.74) is 13.2. The van der Waals surface area contributed by atoms with Crippen LogP contribution in [0.2, 0.25) is 0 Å². The molecule has 34 heavy (non-hydrogen) atoms. The van der Waals surface area contributed by atoms with Crippen molar-refractivity contribution in [1.29, 1.82) is 0 Å². The van der Waals surface area contributed by atoms with Gasteiger partial charge < -0.3 is 16.8 Å². The third kappa shape index (κ3) is 3.71. The summed E-state index contributed by atoms with van der Waals surface area (Å²) in [6, 6.07) is 8.30. The van der Waals surface area contributed by atoms with E-state index in [2.05, 4.69) is 10.4 Å². The van der Waals surface area contributed by atoms with Gasteiger partial charge in [0, 0.05) is 24.1 Å². The molecule has 2 atom stereocenters. The summed E-state index contributed by atoms with van der Waals surface area (Å²) in [5, 5.41) is 7.82. The summed E-state index contributed by atoms with van der Waals surface area (Å²) in [6.45, 7) is 5.87. The number of benzene rings is 1. The third-order valence-corrected chi connectivity index (χ3v) is 8.74. The van der Waals surface area contributed by atoms with Gasteiger partial charge in [-0.1, -0.05) is 32.9 Å². The Morgan fingerprint density at radius 3 is 2.29 bits per heavy atom. The fraction of sp³-hybridized carbons (Fsp3) is 0.375. The number of sulfone groups is 1. The SMILES string of the molecule is CC1(C)[C@H](Nc2c(C(N)=O)cnn3cc(-c4ccc(S(C)(=O)=O)cc4)cc23)CC[C@]1(C)C(N)=O. The van der Waals surface area contributed by atoms with Crippen LogP contribution in [0, 0.1) is 10.8 Å². The van der Waals surface area contributed by atoms with Crippen LogP contribution in [0.1, 0.15) is 44.0 Å². The Labute approximate surface area is 198 Å². The van der Waals surface area contributed by atoms with E-state index in [-0.39, 0.29) is 22.4 Å². The average Bonchev–Trinajstić information content (AvgIpc) is 3.28. The Balaban J connectivity index is 1.79. The number of nitrogens with zero attached hydrogens (tertiary/aromatic N) is 2. The molecule has 0 saturated heterocycles. The lowest BCUT2D eigenvalue weighted by Crippen LogP contribution is -2.48. The lowest BCUT2D eigenvalue weighted by atomic mass is 9.67. The second-order valence-electron chi connectivity index (χ2n) is 9.81. The summed E-state index contributed by atoms with van der Waals surface area (Å²) in [4.78, 5) is 24.7. The molecule has 3 aromatic rings. The van der Waals surface area contributed by atoms with Gasteiger partial charge in [0.15, 0.2) is 9.84 Å². The second-order valence-corrected chi connectivity index (χ2v) is 11.8. The minimum absolute atomic E-state index is 0.137. The maximum atomic E-state index is 12.2. The van der Waals surface area contributed by atoms with E-state index >= 15 is 0 Å². The Morgan fingerprint density at radius 2 is 1.76 bits per heavy atom. The zero-order chi connectivity index (χ0) is 25.1. The zero-order valence-electron chi connectivity index (χ0n) is 19.6. The van der Waals surface area contributed by atoms with Crippen LogP contribution in [0.3, 0.4) is 0 Å². The van der Waals surface area contributed by atoms with Crippen molar-refractivity contribution in [2.24, 2.45) is 22.3 Å². The van der Waals surface area contributed by atoms with Gasteiger partial charge in [-0.2, -0.15) is 5.10 Å². The van der Waals surface area contributed by atoms with Gasteiger partial charge in [-0.25, -0.2) is 12.9 Å². The number of fused-ring (bicyclic) bond motifs is 1. The minimum Gasteiger partial charge on any atom is -0.379 e. The fourth-order valence-electron chi connectivity index (χ4n) is 4.82. The van der Waals surface area contributed by atoms with Crippen LogP contribution in [-0.4, -0.2) is 42.1 Å². The number of nitrogens with two attached hydrogens (primary N) is 2. The summed E-state index contributed by atoms with van der Waals surface area (Å²) in [6.07, 6.45) is 5.70. The highest BCUT2D eigenvalue weighted by atomic mass is 32.2. The predicted molar refractivity (Wildman–Crippen MR) is 130 cm³/mol. The van der Waals surface area contributed by atoms with Crippen LogP contribution in [0.25, 0.3) is 16.6 Å². The molecule has 0 radical (unpaired) electrons. The number of carbonyl (C=O) groups is 2. The Hall–Kier alpha value is -3.40. The van der Waals surface area contributed by atoms with E-state index in [0.717, 1.165) is 17.4 Å². The number of anilines is 1. The molecule has 2 heterocycles. The first-order valence-corrected chi connectivity index (χ1v) is 12.8. The van der Waals surface area contributed by atoms with Gasteiger partial charge in [-0.3, -0.25) is 9.59 Å². The number of hydrogen-bond donors (Lipinski definition) is 3. The van der Waals surface area contributed by atoms with Gasteiger partial charge in [-0.05, 0) is 42.0 Å². The van der Waals surface area contributed by atoms with E-state index in [1.165, 1.54) is 6.20 Å². The number of carbonyl (C=O) groups excluding carboxylic acids is 2. The van der Waals surface area contributed by atoms with Crippen molar-refractivity contribution in [2.75, 3.05) is 11.6 Å². The maximum absolute atomic E-state index is 12.2. The van der Waals surface area contributed by atoms with Crippen LogP contribution >= 0.6 is 0 Å². The van der Waals surface area contributed by atoms with Crippen LogP contribution in [-0.2, 0) is 14.6 Å². The van der Waals surface area contributed by atoms with Crippen LogP contribution in [0.15, 0.2) is 47.6 Å². The van der Waals surface area contributed by atoms with Gasteiger partial charge in [-0.15, -0.1) is 0 Å². The molecule has 180 valence electrons. The van der Waals surface area contributed by atoms with Gasteiger partial charge in [0.25, 0.3) is 5.91 Å². The van der Waals surface area contributed by atoms with Gasteiger partial charge >= 0.3 is 0 Å². The van der Waals surface area contributed by atoms with E-state index < -0.39 is 26.6 Å². The van der Waals surface area contributed by atoms with Crippen molar-refractivity contribution in [3.63, 3.8) is 0 Å². The largest absolute Gasteiger partial charge is 0.379 e. The smallest absolute Gasteiger partial charge is 0.252 e. The van der Waals surface area contributed by atoms with Crippen molar-refractivity contribution in [3.8, 4) is 11.1 Å². The van der Waals surface area contributed by atoms with Gasteiger partial charge in [0.2, 0.25) is 5.91 Å². The second kappa shape index (κ2) is 7.83. The molecule has 0 bridgehead atoms. The van der Waals surface area contributed by atoms with Crippen molar-refractivity contribution in [1.82, 2.24) is 9.61 Å². The monoisotopic (exact) mass is 483 g/mol. The molecule has 1 fully saturated rings. The summed E-state index contributed by atoms with van der Waals surface area (Å²) >= 11 is 0. The first kappa shape index (κ1) is 23.7. The average molecular weight is 484 g/mol. The normalized spacial score (nSPS) is 22.1. The Kier molecular flexibility index (Phi) is 5.47. The topological polar surface area (TPSA) is 150 Å². The first-order valence-electron chi connectivity index (χ1n) is 10.9. The number of primary amides is 2. The zero-order valence-corrected chi connectivity index (χ0v) is 20.4. The number of hydrogen-bond acceptors (Lipinski definition) is 6. The van der Waals surface area contributed by atoms with Crippen molar-refractivity contribution in [2.45, 2.75) is 44.6 Å². The van der Waals surface area contributed by atoms with Crippen molar-refractivity contribution < 1.29 is 18.0 Å². The Bertz CT molecular complexity index is 1410. The van der Waals surface area contributed by atoms with E-state index in [0.29, 0.717) is 24.0 Å². The number of rotatable bonds is 6. The van der Waals surface area contributed by atoms with Gasteiger partial charge in [0.05, 0.1) is 33.3 Å². The highest BCUT2D eigenvalue weighted by Gasteiger charge is 2.55. The third-order valence-electron chi connectivity index (χ3n) is 7.61. The quantitative estimate of drug-likeness (QED) is 0.490. The Morgan fingerprint density at radius 1 is 1.12 bits per heavy atom. The van der Waals surface area contributed by atoms with Crippen molar-refractivity contribution in [3.05, 3.63) is 48.3 Å². The molecule has 1 aliphatic rings. The van der Waals surface area contributed by atoms with E-state index in [9.17, 15) is 18.0 Å². The molecule has 0 unspecified atom stereocenters. The molecule has 0 spiro atoms. The minimum atomic E-state index is -3.30. The van der Waals surface area contributed by atoms with Gasteiger partial charge in [0.1, 0.15) is 0 Å². The molecule has 2 amide bonds. The molecular formula is C24H29N5O4S. The predicted octanol–water partition coefficient (Wildman–Crippen LogP) is 2.60. The molecule has 5 N–H and O–H groups in total. The number of aromatic nitrogens is 2. The molecule has 9 nitrogen and oxygen atoms in total. The molecule has 1 saturated carbocycles. The maximum Gasteiger partial charge on any atom is 0.252 e. The molecule has 2 aromatic heterocycles. The molecule has 0 aliphatic heterocycles. The fourth-order valence-corrected chi connectivity index (χ4v) is 5.45. The standard InChI is InChI=1S/C24H29N5O4S/c1-23(2)19(9-10-24(23,3)22(26)31)28-20-17(21(25)30)12-27-29-13-15(11-18(20)29)14-5-7-16(8-6-14)34(4,32)33/h5-8,11-13,19,28H,9-10H2,1-4H3,(H2,25,30)(H2,26,31)/t19-,24-/m1/s1. The molecule has 4 rings (SSSR count). The van der Waals surface area contributed by atoms with Crippen LogP contribution in [0.4, 0.5) is 5.69 Å². The summed E-state index contributed by atoms with van der Waals surface area (Å²) < 4.78 is 25.2. The van der Waals surface area contributed by atoms with Crippen LogP contribution in [0.5, 0.6) is 0 Å². The molecular weight excluding hydrogens is 454 g/mol. The molecule has 1 aromatic carbocycles. The number of amides is 2. The lowest BCUT2D eigenvalue weighted by Gasteiger charge is -2.40. The first-order chi connectivity index (χ1) is 15.8. The number of nitrogens with one attached hydrogen (secondary N) is 1. The summed E-state index contributed by atoms with van der Waals surface area (Å²) in [7, 11) is -3.30. The highest BCUT2D eigenvalue weighted by Crippen LogP contribution is 2.53. The van der Waals surface area contributed by atoms with Crippen molar-refractivity contribution >= 4 is 32.9 Å². The molecule has 10 heteroatoms. The lowest BCUT2D eigenvalue weighted by molar-refractivity contribution is -0.131. The van der Waals surface area contributed by atoms with E-state index in [4.69, 9.17) is 11.5 Å².